The second-order valence-corrected chi connectivity index (χ2v) is 5.25. The quantitative estimate of drug-likeness (QED) is 0.818. The molecule has 0 spiro atoms. The first-order valence-corrected chi connectivity index (χ1v) is 7.21. The number of carbonyl (C=O) groups excluding carboxylic acids is 1. The van der Waals surface area contributed by atoms with E-state index in [4.69, 9.17) is 5.73 Å². The summed E-state index contributed by atoms with van der Waals surface area (Å²) in [6.45, 7) is 0. The fraction of sp³-hybridized carbons (Fsp3) is 0.278. The number of benzene rings is 2. The fourth-order valence-corrected chi connectivity index (χ4v) is 2.30. The molecule has 0 saturated heterocycles. The minimum Gasteiger partial charge on any atom is -0.384 e. The SMILES string of the molecule is N[C@@H](Cc1ccccc1)C(O)C(=O)CCc1ccccc1. The average molecular weight is 283 g/mol. The summed E-state index contributed by atoms with van der Waals surface area (Å²) < 4.78 is 0. The Morgan fingerprint density at radius 2 is 1.48 bits per heavy atom. The average Bonchev–Trinajstić information content (AvgIpc) is 2.53. The molecule has 3 heteroatoms. The number of aliphatic hydroxyl groups excluding tert-OH is 1. The monoisotopic (exact) mass is 283 g/mol. The minimum atomic E-state index is -1.10. The zero-order chi connectivity index (χ0) is 15.1. The van der Waals surface area contributed by atoms with E-state index in [-0.39, 0.29) is 5.78 Å². The first kappa shape index (κ1) is 15.4. The van der Waals surface area contributed by atoms with Crippen LogP contribution in [0, 0.1) is 0 Å². The molecule has 0 aromatic heterocycles. The van der Waals surface area contributed by atoms with Gasteiger partial charge in [-0.3, -0.25) is 4.79 Å². The Bertz CT molecular complexity index is 554. The lowest BCUT2D eigenvalue weighted by molar-refractivity contribution is -0.128. The Morgan fingerprint density at radius 1 is 0.952 bits per heavy atom. The summed E-state index contributed by atoms with van der Waals surface area (Å²) in [6.07, 6.45) is 0.343. The highest BCUT2D eigenvalue weighted by atomic mass is 16.3. The van der Waals surface area contributed by atoms with E-state index < -0.39 is 12.1 Å². The zero-order valence-electron chi connectivity index (χ0n) is 12.0. The van der Waals surface area contributed by atoms with Gasteiger partial charge >= 0.3 is 0 Å². The number of aryl methyl sites for hydroxylation is 1. The first-order chi connectivity index (χ1) is 10.2. The van der Waals surface area contributed by atoms with Gasteiger partial charge < -0.3 is 10.8 Å². The maximum absolute atomic E-state index is 12.0. The van der Waals surface area contributed by atoms with Gasteiger partial charge in [0.15, 0.2) is 5.78 Å². The zero-order valence-corrected chi connectivity index (χ0v) is 12.0. The van der Waals surface area contributed by atoms with Crippen molar-refractivity contribution in [2.24, 2.45) is 5.73 Å². The van der Waals surface area contributed by atoms with E-state index in [0.717, 1.165) is 11.1 Å². The van der Waals surface area contributed by atoms with Crippen molar-refractivity contribution in [2.45, 2.75) is 31.4 Å². The molecule has 0 radical (unpaired) electrons. The molecule has 0 aliphatic carbocycles. The van der Waals surface area contributed by atoms with Crippen LogP contribution in [0.2, 0.25) is 0 Å². The van der Waals surface area contributed by atoms with E-state index >= 15 is 0 Å². The Kier molecular flexibility index (Phi) is 5.67. The second-order valence-electron chi connectivity index (χ2n) is 5.25. The lowest BCUT2D eigenvalue weighted by Gasteiger charge is -2.18. The van der Waals surface area contributed by atoms with Crippen LogP contribution in [-0.4, -0.2) is 23.0 Å². The standard InChI is InChI=1S/C18H21NO2/c19-16(13-15-9-5-2-6-10-15)18(21)17(20)12-11-14-7-3-1-4-8-14/h1-10,16,18,21H,11-13,19H2/t16-,18?/m0/s1. The molecule has 1 unspecified atom stereocenters. The maximum Gasteiger partial charge on any atom is 0.163 e. The van der Waals surface area contributed by atoms with E-state index in [9.17, 15) is 9.90 Å². The van der Waals surface area contributed by atoms with Gasteiger partial charge in [-0.1, -0.05) is 60.7 Å². The van der Waals surface area contributed by atoms with E-state index in [1.54, 1.807) is 0 Å². The van der Waals surface area contributed by atoms with Gasteiger partial charge in [0, 0.05) is 12.5 Å². The van der Waals surface area contributed by atoms with E-state index in [1.165, 1.54) is 0 Å². The predicted molar refractivity (Wildman–Crippen MR) is 83.9 cm³/mol. The first-order valence-electron chi connectivity index (χ1n) is 7.21. The number of nitrogens with two attached hydrogens (primary N) is 1. The molecule has 0 bridgehead atoms. The summed E-state index contributed by atoms with van der Waals surface area (Å²) in [5.74, 6) is -0.192. The van der Waals surface area contributed by atoms with Gasteiger partial charge in [-0.15, -0.1) is 0 Å². The maximum atomic E-state index is 12.0. The molecule has 0 aliphatic heterocycles. The van der Waals surface area contributed by atoms with Crippen LogP contribution in [0.5, 0.6) is 0 Å². The Morgan fingerprint density at radius 3 is 2.05 bits per heavy atom. The van der Waals surface area contributed by atoms with Crippen molar-refractivity contribution in [1.29, 1.82) is 0 Å². The summed E-state index contributed by atoms with van der Waals surface area (Å²) in [4.78, 5) is 12.0. The minimum absolute atomic E-state index is 0.192. The normalized spacial score (nSPS) is 13.6. The molecular formula is C18H21NO2. The van der Waals surface area contributed by atoms with Crippen LogP contribution >= 0.6 is 0 Å². The highest BCUT2D eigenvalue weighted by molar-refractivity contribution is 5.83. The fourth-order valence-electron chi connectivity index (χ4n) is 2.30. The highest BCUT2D eigenvalue weighted by Crippen LogP contribution is 2.09. The summed E-state index contributed by atoms with van der Waals surface area (Å²) in [6, 6.07) is 18.9. The summed E-state index contributed by atoms with van der Waals surface area (Å²) in [7, 11) is 0. The van der Waals surface area contributed by atoms with E-state index in [1.807, 2.05) is 60.7 Å². The summed E-state index contributed by atoms with van der Waals surface area (Å²) in [5.41, 5.74) is 8.07. The van der Waals surface area contributed by atoms with E-state index in [0.29, 0.717) is 19.3 Å². The Balaban J connectivity index is 1.84. The van der Waals surface area contributed by atoms with Crippen LogP contribution in [0.25, 0.3) is 0 Å². The van der Waals surface area contributed by atoms with Crippen molar-refractivity contribution in [1.82, 2.24) is 0 Å². The van der Waals surface area contributed by atoms with Crippen LogP contribution in [0.4, 0.5) is 0 Å². The molecule has 2 rings (SSSR count). The molecule has 2 aromatic rings. The van der Waals surface area contributed by atoms with E-state index in [2.05, 4.69) is 0 Å². The lowest BCUT2D eigenvalue weighted by atomic mass is 9.96. The summed E-state index contributed by atoms with van der Waals surface area (Å²) >= 11 is 0. The van der Waals surface area contributed by atoms with Crippen molar-refractivity contribution < 1.29 is 9.90 Å². The largest absolute Gasteiger partial charge is 0.384 e. The molecule has 110 valence electrons. The molecule has 3 N–H and O–H groups in total. The molecule has 2 aromatic carbocycles. The van der Waals surface area contributed by atoms with Gasteiger partial charge in [-0.05, 0) is 24.0 Å². The Hall–Kier alpha value is -1.97. The molecule has 0 amide bonds. The van der Waals surface area contributed by atoms with Gasteiger partial charge in [0.1, 0.15) is 6.10 Å². The highest BCUT2D eigenvalue weighted by Gasteiger charge is 2.22. The topological polar surface area (TPSA) is 63.3 Å². The van der Waals surface area contributed by atoms with Crippen molar-refractivity contribution in [2.75, 3.05) is 0 Å². The van der Waals surface area contributed by atoms with Gasteiger partial charge in [0.05, 0.1) is 0 Å². The molecule has 21 heavy (non-hydrogen) atoms. The molecular weight excluding hydrogens is 262 g/mol. The lowest BCUT2D eigenvalue weighted by Crippen LogP contribution is -2.42. The Labute approximate surface area is 125 Å². The number of ketones is 1. The van der Waals surface area contributed by atoms with Gasteiger partial charge in [0.2, 0.25) is 0 Å². The van der Waals surface area contributed by atoms with Crippen molar-refractivity contribution in [3.8, 4) is 0 Å². The van der Waals surface area contributed by atoms with Crippen molar-refractivity contribution >= 4 is 5.78 Å². The molecule has 0 fully saturated rings. The molecule has 3 nitrogen and oxygen atoms in total. The number of carbonyl (C=O) groups is 1. The van der Waals surface area contributed by atoms with Crippen LogP contribution in [-0.2, 0) is 17.6 Å². The third-order valence-electron chi connectivity index (χ3n) is 3.55. The van der Waals surface area contributed by atoms with Gasteiger partial charge in [-0.25, -0.2) is 0 Å². The third-order valence-corrected chi connectivity index (χ3v) is 3.55. The molecule has 2 atom stereocenters. The van der Waals surface area contributed by atoms with Crippen LogP contribution in [0.1, 0.15) is 17.5 Å². The number of Topliss-reactive ketones (excluding diaryl/α,β-unsaturated/α-hetero) is 1. The number of rotatable bonds is 7. The van der Waals surface area contributed by atoms with Crippen LogP contribution < -0.4 is 5.73 Å². The smallest absolute Gasteiger partial charge is 0.163 e. The predicted octanol–water partition coefficient (Wildman–Crippen LogP) is 2.12. The second kappa shape index (κ2) is 7.72. The number of hydrogen-bond acceptors (Lipinski definition) is 3. The number of aliphatic hydroxyl groups is 1. The molecule has 0 saturated carbocycles. The molecule has 0 heterocycles. The van der Waals surface area contributed by atoms with Crippen molar-refractivity contribution in [3.05, 3.63) is 71.8 Å². The number of hydrogen-bond donors (Lipinski definition) is 2. The van der Waals surface area contributed by atoms with Crippen LogP contribution in [0.15, 0.2) is 60.7 Å². The molecule has 0 aliphatic rings. The van der Waals surface area contributed by atoms with Crippen molar-refractivity contribution in [3.63, 3.8) is 0 Å². The van der Waals surface area contributed by atoms with Crippen LogP contribution in [0.3, 0.4) is 0 Å². The van der Waals surface area contributed by atoms with Gasteiger partial charge in [-0.2, -0.15) is 0 Å². The third kappa shape index (κ3) is 4.81. The summed E-state index contributed by atoms with van der Waals surface area (Å²) in [5, 5.41) is 10.1. The van der Waals surface area contributed by atoms with Gasteiger partial charge in [0.25, 0.3) is 0 Å².